The highest BCUT2D eigenvalue weighted by atomic mass is 16.1. The van der Waals surface area contributed by atoms with Crippen molar-refractivity contribution in [3.8, 4) is 11.3 Å². The van der Waals surface area contributed by atoms with Crippen LogP contribution in [0.2, 0.25) is 0 Å². The number of rotatable bonds is 6. The molecule has 6 heteroatoms. The van der Waals surface area contributed by atoms with E-state index in [1.807, 2.05) is 24.5 Å². The minimum absolute atomic E-state index is 0.0550. The molecule has 21 heavy (non-hydrogen) atoms. The molecule has 1 amide bonds. The van der Waals surface area contributed by atoms with Gasteiger partial charge in [-0.1, -0.05) is 6.92 Å². The molecule has 0 bridgehead atoms. The minimum Gasteiger partial charge on any atom is -0.384 e. The molecule has 0 fully saturated rings. The molecule has 2 aromatic rings. The second kappa shape index (κ2) is 6.88. The largest absolute Gasteiger partial charge is 0.384 e. The minimum atomic E-state index is 0.0550. The number of nitrogens with one attached hydrogen (secondary N) is 1. The van der Waals surface area contributed by atoms with Gasteiger partial charge in [0.25, 0.3) is 0 Å². The normalized spacial score (nSPS) is 12.1. The predicted molar refractivity (Wildman–Crippen MR) is 82.4 cm³/mol. The first-order valence-electron chi connectivity index (χ1n) is 7.11. The Morgan fingerprint density at radius 2 is 2.24 bits per heavy atom. The molecule has 0 radical (unpaired) electrons. The van der Waals surface area contributed by atoms with Crippen LogP contribution in [0.15, 0.2) is 30.9 Å². The number of amides is 1. The van der Waals surface area contributed by atoms with E-state index in [2.05, 4.69) is 15.3 Å². The number of nitrogens with two attached hydrogens (primary N) is 1. The Morgan fingerprint density at radius 1 is 1.43 bits per heavy atom. The third-order valence-corrected chi connectivity index (χ3v) is 3.39. The van der Waals surface area contributed by atoms with Crippen LogP contribution in [-0.2, 0) is 11.3 Å². The highest BCUT2D eigenvalue weighted by molar-refractivity contribution is 5.76. The van der Waals surface area contributed by atoms with Crippen molar-refractivity contribution in [1.82, 2.24) is 19.9 Å². The number of carbonyl (C=O) groups excluding carboxylic acids is 1. The summed E-state index contributed by atoms with van der Waals surface area (Å²) in [5.41, 5.74) is 7.45. The number of imidazole rings is 1. The van der Waals surface area contributed by atoms with Crippen LogP contribution < -0.4 is 11.1 Å². The molecule has 0 aliphatic carbocycles. The zero-order chi connectivity index (χ0) is 15.2. The molecule has 1 atom stereocenters. The van der Waals surface area contributed by atoms with Gasteiger partial charge in [-0.15, -0.1) is 0 Å². The number of nitrogen functional groups attached to an aromatic ring is 1. The predicted octanol–water partition coefficient (Wildman–Crippen LogP) is 1.83. The Morgan fingerprint density at radius 3 is 2.90 bits per heavy atom. The molecular weight excluding hydrogens is 266 g/mol. The van der Waals surface area contributed by atoms with Crippen LogP contribution in [-0.4, -0.2) is 26.5 Å². The van der Waals surface area contributed by atoms with Gasteiger partial charge in [-0.25, -0.2) is 9.97 Å². The van der Waals surface area contributed by atoms with Gasteiger partial charge in [-0.3, -0.25) is 4.79 Å². The van der Waals surface area contributed by atoms with Crippen LogP contribution >= 0.6 is 0 Å². The summed E-state index contributed by atoms with van der Waals surface area (Å²) in [6, 6.07) is 3.86. The lowest BCUT2D eigenvalue weighted by molar-refractivity contribution is -0.121. The monoisotopic (exact) mass is 287 g/mol. The zero-order valence-electron chi connectivity index (χ0n) is 12.4. The molecule has 3 N–H and O–H groups in total. The van der Waals surface area contributed by atoms with E-state index in [4.69, 9.17) is 5.73 Å². The lowest BCUT2D eigenvalue weighted by Crippen LogP contribution is -2.32. The van der Waals surface area contributed by atoms with Crippen molar-refractivity contribution in [2.45, 2.75) is 39.3 Å². The fourth-order valence-corrected chi connectivity index (χ4v) is 1.97. The first-order chi connectivity index (χ1) is 10.1. The first-order valence-corrected chi connectivity index (χ1v) is 7.11. The number of anilines is 1. The summed E-state index contributed by atoms with van der Waals surface area (Å²) in [6.45, 7) is 4.63. The van der Waals surface area contributed by atoms with Crippen LogP contribution in [0.3, 0.4) is 0 Å². The molecule has 1 unspecified atom stereocenters. The van der Waals surface area contributed by atoms with Crippen LogP contribution in [0.5, 0.6) is 0 Å². The summed E-state index contributed by atoms with van der Waals surface area (Å²) in [4.78, 5) is 20.1. The number of pyridine rings is 1. The molecule has 2 heterocycles. The fraction of sp³-hybridized carbons (Fsp3) is 0.400. The van der Waals surface area contributed by atoms with E-state index < -0.39 is 0 Å². The van der Waals surface area contributed by atoms with E-state index in [0.717, 1.165) is 17.7 Å². The Balaban J connectivity index is 2.01. The smallest absolute Gasteiger partial charge is 0.221 e. The van der Waals surface area contributed by atoms with Crippen molar-refractivity contribution in [3.05, 3.63) is 30.9 Å². The van der Waals surface area contributed by atoms with E-state index >= 15 is 0 Å². The van der Waals surface area contributed by atoms with Crippen molar-refractivity contribution < 1.29 is 4.79 Å². The van der Waals surface area contributed by atoms with Gasteiger partial charge in [0.05, 0.1) is 18.2 Å². The number of nitrogens with zero attached hydrogens (tertiary/aromatic N) is 3. The van der Waals surface area contributed by atoms with Crippen LogP contribution in [0, 0.1) is 0 Å². The molecule has 6 nitrogen and oxygen atoms in total. The highest BCUT2D eigenvalue weighted by Gasteiger charge is 2.09. The Kier molecular flexibility index (Phi) is 4.92. The van der Waals surface area contributed by atoms with Gasteiger partial charge >= 0.3 is 0 Å². The summed E-state index contributed by atoms with van der Waals surface area (Å²) >= 11 is 0. The van der Waals surface area contributed by atoms with Gasteiger partial charge < -0.3 is 15.6 Å². The summed E-state index contributed by atoms with van der Waals surface area (Å²) in [5.74, 6) is 0.539. The lowest BCUT2D eigenvalue weighted by Gasteiger charge is -2.12. The molecule has 0 saturated carbocycles. The van der Waals surface area contributed by atoms with E-state index in [1.54, 1.807) is 24.8 Å². The van der Waals surface area contributed by atoms with Crippen LogP contribution in [0.1, 0.15) is 26.7 Å². The third kappa shape index (κ3) is 4.05. The Bertz CT molecular complexity index is 590. The summed E-state index contributed by atoms with van der Waals surface area (Å²) in [5, 5.41) is 2.96. The topological polar surface area (TPSA) is 85.8 Å². The Labute approximate surface area is 124 Å². The highest BCUT2D eigenvalue weighted by Crippen LogP contribution is 2.18. The molecule has 0 aliphatic rings. The molecular formula is C15H21N5O. The second-order valence-corrected chi connectivity index (χ2v) is 5.07. The quantitative estimate of drug-likeness (QED) is 0.848. The van der Waals surface area contributed by atoms with E-state index in [9.17, 15) is 4.79 Å². The van der Waals surface area contributed by atoms with Crippen molar-refractivity contribution >= 4 is 11.7 Å². The van der Waals surface area contributed by atoms with Crippen molar-refractivity contribution in [1.29, 1.82) is 0 Å². The molecule has 0 aliphatic heterocycles. The summed E-state index contributed by atoms with van der Waals surface area (Å²) in [6.07, 6.45) is 6.55. The molecule has 0 saturated heterocycles. The third-order valence-electron chi connectivity index (χ3n) is 3.39. The Hall–Kier alpha value is -2.37. The SMILES string of the molecule is CCC(C)NC(=O)CCn1cncc1-c1ccc(N)nc1. The molecule has 2 aromatic heterocycles. The molecule has 112 valence electrons. The zero-order valence-corrected chi connectivity index (χ0v) is 12.4. The first kappa shape index (κ1) is 15.0. The molecule has 2 rings (SSSR count). The van der Waals surface area contributed by atoms with E-state index in [-0.39, 0.29) is 11.9 Å². The summed E-state index contributed by atoms with van der Waals surface area (Å²) < 4.78 is 1.95. The average Bonchev–Trinajstić information content (AvgIpc) is 2.94. The van der Waals surface area contributed by atoms with Gasteiger partial charge in [0.1, 0.15) is 5.82 Å². The van der Waals surface area contributed by atoms with Crippen molar-refractivity contribution in [2.75, 3.05) is 5.73 Å². The number of hydrogen-bond acceptors (Lipinski definition) is 4. The maximum absolute atomic E-state index is 11.8. The molecule has 0 spiro atoms. The second-order valence-electron chi connectivity index (χ2n) is 5.07. The number of aryl methyl sites for hydroxylation is 1. The number of hydrogen-bond donors (Lipinski definition) is 2. The number of carbonyl (C=O) groups is 1. The maximum Gasteiger partial charge on any atom is 0.221 e. The molecule has 0 aromatic carbocycles. The van der Waals surface area contributed by atoms with E-state index in [1.165, 1.54) is 0 Å². The lowest BCUT2D eigenvalue weighted by atomic mass is 10.2. The van der Waals surface area contributed by atoms with Gasteiger partial charge in [0.2, 0.25) is 5.91 Å². The van der Waals surface area contributed by atoms with Crippen molar-refractivity contribution in [2.24, 2.45) is 0 Å². The van der Waals surface area contributed by atoms with E-state index in [0.29, 0.717) is 18.8 Å². The standard InChI is InChI=1S/C15H21N5O/c1-3-11(2)19-15(21)6-7-20-10-17-9-13(20)12-4-5-14(16)18-8-12/h4-5,8-11H,3,6-7H2,1-2H3,(H2,16,18)(H,19,21). The van der Waals surface area contributed by atoms with Gasteiger partial charge in [0.15, 0.2) is 0 Å². The maximum atomic E-state index is 11.8. The van der Waals surface area contributed by atoms with Crippen LogP contribution in [0.25, 0.3) is 11.3 Å². The van der Waals surface area contributed by atoms with Crippen molar-refractivity contribution in [3.63, 3.8) is 0 Å². The summed E-state index contributed by atoms with van der Waals surface area (Å²) in [7, 11) is 0. The van der Waals surface area contributed by atoms with Gasteiger partial charge in [-0.2, -0.15) is 0 Å². The fourth-order valence-electron chi connectivity index (χ4n) is 1.97. The number of aromatic nitrogens is 3. The van der Waals surface area contributed by atoms with Crippen LogP contribution in [0.4, 0.5) is 5.82 Å². The van der Waals surface area contributed by atoms with Gasteiger partial charge in [0, 0.05) is 30.8 Å². The average molecular weight is 287 g/mol. The van der Waals surface area contributed by atoms with Gasteiger partial charge in [-0.05, 0) is 25.5 Å².